The number of allylic oxidation sites excluding steroid dienone is 2. The largest absolute Gasteiger partial charge is 0.871 e. The summed E-state index contributed by atoms with van der Waals surface area (Å²) in [5.41, 5.74) is 4.52. The highest BCUT2D eigenvalue weighted by Gasteiger charge is 2.38. The van der Waals surface area contributed by atoms with Gasteiger partial charge in [-0.1, -0.05) is 131 Å². The first-order chi connectivity index (χ1) is 22.6. The summed E-state index contributed by atoms with van der Waals surface area (Å²) < 4.78 is 0. The van der Waals surface area contributed by atoms with E-state index >= 15 is 0 Å². The lowest BCUT2D eigenvalue weighted by Crippen LogP contribution is -2.43. The fraction of sp³-hybridized carbons (Fsp3) is 0.359. The molecule has 2 saturated carbocycles. The number of hydrogen-bond acceptors (Lipinski definition) is 5. The van der Waals surface area contributed by atoms with Gasteiger partial charge in [-0.3, -0.25) is 4.79 Å². The van der Waals surface area contributed by atoms with Gasteiger partial charge in [0, 0.05) is 44.5 Å². The minimum atomic E-state index is -0.136. The Morgan fingerprint density at radius 3 is 2.07 bits per heavy atom. The molecular weight excluding hydrogens is 564 g/mol. The van der Waals surface area contributed by atoms with Crippen molar-refractivity contribution in [2.45, 2.75) is 88.6 Å². The molecule has 0 aromatic heterocycles. The zero-order chi connectivity index (χ0) is 30.9. The van der Waals surface area contributed by atoms with E-state index in [1.54, 1.807) is 0 Å². The average molecular weight is 604 g/mol. The molecule has 5 aliphatic rings. The topological polar surface area (TPSA) is 76.2 Å². The van der Waals surface area contributed by atoms with Crippen LogP contribution in [0.25, 0.3) is 38.8 Å². The summed E-state index contributed by atoms with van der Waals surface area (Å²) in [5, 5.41) is 32.0. The lowest BCUT2D eigenvalue weighted by atomic mass is 9.41. The summed E-state index contributed by atoms with van der Waals surface area (Å²) in [4.78, 5) is 14.3. The lowest BCUT2D eigenvalue weighted by Gasteiger charge is -2.37. The van der Waals surface area contributed by atoms with Crippen molar-refractivity contribution in [2.75, 3.05) is 15.7 Å². The Bertz CT molecular complexity index is 2080. The average Bonchev–Trinajstić information content (AvgIpc) is 3.25. The number of carbonyl (C=O) groups is 1. The summed E-state index contributed by atoms with van der Waals surface area (Å²) in [5.74, 6) is 1.14. The van der Waals surface area contributed by atoms with Crippen LogP contribution in [0.15, 0.2) is 66.4 Å². The summed E-state index contributed by atoms with van der Waals surface area (Å²) >= 11 is 0. The molecule has 1 atom stereocenters. The van der Waals surface area contributed by atoms with E-state index in [2.05, 4.69) is 77.2 Å². The van der Waals surface area contributed by atoms with Crippen LogP contribution >= 0.6 is 0 Å². The predicted molar refractivity (Wildman–Crippen MR) is 192 cm³/mol. The van der Waals surface area contributed by atoms with Gasteiger partial charge in [0.2, 0.25) is 0 Å². The van der Waals surface area contributed by atoms with Crippen LogP contribution < -0.4 is 31.2 Å². The highest BCUT2D eigenvalue weighted by atomic mass is 16.3. The molecule has 9 rings (SSSR count). The number of rotatable bonds is 3. The molecule has 0 saturated heterocycles. The van der Waals surface area contributed by atoms with Gasteiger partial charge in [-0.2, -0.15) is 0 Å². The van der Waals surface area contributed by atoms with Crippen LogP contribution in [-0.4, -0.2) is 19.6 Å². The quantitative estimate of drug-likeness (QED) is 0.218. The summed E-state index contributed by atoms with van der Waals surface area (Å²) in [7, 11) is 0. The minimum Gasteiger partial charge on any atom is -0.871 e. The van der Waals surface area contributed by atoms with Crippen molar-refractivity contribution < 1.29 is 9.90 Å². The second-order valence-corrected chi connectivity index (χ2v) is 14.5. The third-order valence-corrected chi connectivity index (χ3v) is 11.8. The summed E-state index contributed by atoms with van der Waals surface area (Å²) in [6, 6.07) is 20.9. The van der Waals surface area contributed by atoms with Crippen molar-refractivity contribution in [2.24, 2.45) is 0 Å². The fourth-order valence-corrected chi connectivity index (χ4v) is 9.44. The number of nitrogens with one attached hydrogen (secondary N) is 3. The molecule has 3 aliphatic carbocycles. The molecule has 4 aromatic rings. The van der Waals surface area contributed by atoms with Crippen LogP contribution in [0.4, 0.5) is 17.1 Å². The molecule has 5 nitrogen and oxygen atoms in total. The van der Waals surface area contributed by atoms with Gasteiger partial charge in [-0.25, -0.2) is 0 Å². The van der Waals surface area contributed by atoms with Gasteiger partial charge in [-0.15, -0.1) is 0 Å². The van der Waals surface area contributed by atoms with Gasteiger partial charge in [0.25, 0.3) is 6.85 Å². The van der Waals surface area contributed by atoms with E-state index in [0.29, 0.717) is 29.6 Å². The van der Waals surface area contributed by atoms with E-state index in [1.807, 2.05) is 12.1 Å². The van der Waals surface area contributed by atoms with Crippen molar-refractivity contribution >= 4 is 75.4 Å². The molecule has 2 fully saturated rings. The molecule has 0 spiro atoms. The number of ketones is 1. The van der Waals surface area contributed by atoms with Gasteiger partial charge in [0.05, 0.1) is 0 Å². The Labute approximate surface area is 271 Å². The Balaban J connectivity index is 1.20. The maximum absolute atomic E-state index is 14.3. The first-order valence-electron chi connectivity index (χ1n) is 17.7. The second kappa shape index (κ2) is 11.0. The Hall–Kier alpha value is -4.12. The first kappa shape index (κ1) is 28.1. The molecule has 0 amide bonds. The highest BCUT2D eigenvalue weighted by molar-refractivity contribution is 6.70. The van der Waals surface area contributed by atoms with E-state index in [9.17, 15) is 9.90 Å². The Kier molecular flexibility index (Phi) is 6.73. The Morgan fingerprint density at radius 2 is 1.35 bits per heavy atom. The summed E-state index contributed by atoms with van der Waals surface area (Å²) in [6.45, 7) is 2.72. The minimum absolute atomic E-state index is 0.0849. The van der Waals surface area contributed by atoms with Crippen LogP contribution in [0.2, 0.25) is 17.5 Å². The molecule has 0 bridgehead atoms. The standard InChI is InChI=1S/C39H41B2N3O2/c1-23-22-30-28(20-18-24-10-8-16-31(33(24)30)42-40(23)26-12-4-2-5-13-26)35-38(45)36(39(35)46)29-21-19-25-11-9-17-32-34(25)37(29)44-41(43-32)27-14-6-3-7-15-27/h8-11,16-23,26-27,42-45H,2-7,12-15H2,1H3/p-1. The number of anilines is 3. The van der Waals surface area contributed by atoms with Gasteiger partial charge in [0.15, 0.2) is 5.78 Å². The molecule has 3 N–H and O–H groups in total. The van der Waals surface area contributed by atoms with Gasteiger partial charge in [0.1, 0.15) is 0 Å². The fourth-order valence-electron chi connectivity index (χ4n) is 9.44. The molecule has 4 aromatic carbocycles. The van der Waals surface area contributed by atoms with Crippen molar-refractivity contribution in [3.63, 3.8) is 0 Å². The second-order valence-electron chi connectivity index (χ2n) is 14.5. The molecule has 7 heteroatoms. The van der Waals surface area contributed by atoms with Crippen molar-refractivity contribution in [3.8, 4) is 0 Å². The predicted octanol–water partition coefficient (Wildman–Crippen LogP) is 7.08. The van der Waals surface area contributed by atoms with Crippen LogP contribution in [0.3, 0.4) is 0 Å². The van der Waals surface area contributed by atoms with Crippen molar-refractivity contribution in [1.82, 2.24) is 0 Å². The maximum atomic E-state index is 14.3. The third-order valence-electron chi connectivity index (χ3n) is 11.8. The first-order valence-corrected chi connectivity index (χ1v) is 17.7. The van der Waals surface area contributed by atoms with E-state index in [4.69, 9.17) is 0 Å². The van der Waals surface area contributed by atoms with Gasteiger partial charge >= 0.3 is 6.98 Å². The Morgan fingerprint density at radius 1 is 0.696 bits per heavy atom. The van der Waals surface area contributed by atoms with Crippen molar-refractivity contribution in [1.29, 1.82) is 0 Å². The number of Topliss-reactive ketones (excluding diaryl/α,β-unsaturated/α-hetero) is 1. The van der Waals surface area contributed by atoms with Crippen LogP contribution in [0.1, 0.15) is 76.7 Å². The molecule has 1 unspecified atom stereocenters. The van der Waals surface area contributed by atoms with E-state index in [0.717, 1.165) is 54.6 Å². The van der Waals surface area contributed by atoms with Crippen LogP contribution in [0.5, 0.6) is 0 Å². The molecule has 0 radical (unpaired) electrons. The molecule has 46 heavy (non-hydrogen) atoms. The third kappa shape index (κ3) is 4.34. The van der Waals surface area contributed by atoms with Gasteiger partial charge < -0.3 is 20.8 Å². The van der Waals surface area contributed by atoms with E-state index < -0.39 is 0 Å². The lowest BCUT2D eigenvalue weighted by molar-refractivity contribution is -0.292. The highest BCUT2D eigenvalue weighted by Crippen LogP contribution is 2.46. The van der Waals surface area contributed by atoms with Crippen molar-refractivity contribution in [3.05, 3.63) is 82.4 Å². The van der Waals surface area contributed by atoms with E-state index in [-0.39, 0.29) is 24.3 Å². The number of hydrogen-bond donors (Lipinski definition) is 3. The smallest absolute Gasteiger partial charge is 0.373 e. The van der Waals surface area contributed by atoms with E-state index in [1.165, 1.54) is 64.2 Å². The maximum Gasteiger partial charge on any atom is 0.373 e. The monoisotopic (exact) mass is 604 g/mol. The molecular formula is C39H40B2N3O2-. The number of carbonyl (C=O) groups excluding carboxylic acids is 1. The molecule has 2 aliphatic heterocycles. The normalized spacial score (nSPS) is 23.0. The summed E-state index contributed by atoms with van der Waals surface area (Å²) in [6.07, 6.45) is 14.9. The molecule has 2 heterocycles. The van der Waals surface area contributed by atoms with Crippen LogP contribution in [0, 0.1) is 0 Å². The SMILES string of the molecule is CC1C=c2c(=C3C(=O)C(c4ccc5cccc6c5c4NB(C4CCCCC4)N6)=C3[O-])ccc3cccc(c23)NB1C1CCCCC1. The zero-order valence-corrected chi connectivity index (χ0v) is 26.6. The van der Waals surface area contributed by atoms with Gasteiger partial charge in [-0.05, 0) is 50.8 Å². The number of benzene rings is 4. The van der Waals surface area contributed by atoms with Crippen LogP contribution in [-0.2, 0) is 4.79 Å². The molecule has 230 valence electrons. The zero-order valence-electron chi connectivity index (χ0n) is 26.6.